The third-order valence-corrected chi connectivity index (χ3v) is 5.55. The number of rotatable bonds is 5. The molecule has 3 aromatic rings. The van der Waals surface area contributed by atoms with Crippen molar-refractivity contribution in [3.63, 3.8) is 0 Å². The third kappa shape index (κ3) is 3.73. The van der Waals surface area contributed by atoms with Gasteiger partial charge in [0.2, 0.25) is 5.91 Å². The van der Waals surface area contributed by atoms with Crippen molar-refractivity contribution in [2.24, 2.45) is 0 Å². The van der Waals surface area contributed by atoms with E-state index in [0.29, 0.717) is 0 Å². The summed E-state index contributed by atoms with van der Waals surface area (Å²) in [5.41, 5.74) is 0.865. The third-order valence-electron chi connectivity index (χ3n) is 3.61. The lowest BCUT2D eigenvalue weighted by Gasteiger charge is -2.17. The second-order valence-corrected chi connectivity index (χ2v) is 7.58. The van der Waals surface area contributed by atoms with Crippen LogP contribution in [0, 0.1) is 5.82 Å². The van der Waals surface area contributed by atoms with Gasteiger partial charge in [0.25, 0.3) is 0 Å². The van der Waals surface area contributed by atoms with Gasteiger partial charge in [-0.25, -0.2) is 14.4 Å². The van der Waals surface area contributed by atoms with E-state index in [2.05, 4.69) is 15.3 Å². The van der Waals surface area contributed by atoms with Gasteiger partial charge in [-0.15, -0.1) is 11.3 Å². The average molecular weight is 361 g/mol. The maximum absolute atomic E-state index is 13.0. The maximum Gasteiger partial charge on any atom is 0.233 e. The fourth-order valence-electron chi connectivity index (χ4n) is 2.25. The Kier molecular flexibility index (Phi) is 5.11. The molecule has 0 saturated carbocycles. The standard InChI is InChI=1S/C17H16FN3OS2/c1-10(12-3-5-13(18)6-4-12)21-15(22)11(2)24-17-14-7-8-23-16(14)19-9-20-17/h3-11H,1-2H3,(H,21,22)/t10-,11-/m1/s1. The Bertz CT molecular complexity index is 850. The van der Waals surface area contributed by atoms with Crippen molar-refractivity contribution in [1.82, 2.24) is 15.3 Å². The maximum atomic E-state index is 13.0. The number of thioether (sulfide) groups is 1. The zero-order chi connectivity index (χ0) is 17.1. The van der Waals surface area contributed by atoms with Gasteiger partial charge in [0.15, 0.2) is 0 Å². The molecule has 0 aliphatic rings. The first-order chi connectivity index (χ1) is 11.5. The normalized spacial score (nSPS) is 13.6. The van der Waals surface area contributed by atoms with E-state index in [-0.39, 0.29) is 23.0 Å². The quantitative estimate of drug-likeness (QED) is 0.547. The van der Waals surface area contributed by atoms with Crippen molar-refractivity contribution in [3.8, 4) is 0 Å². The molecule has 1 amide bonds. The van der Waals surface area contributed by atoms with Crippen LogP contribution in [0.5, 0.6) is 0 Å². The number of nitrogens with one attached hydrogen (secondary N) is 1. The van der Waals surface area contributed by atoms with Gasteiger partial charge in [0.1, 0.15) is 22.0 Å². The van der Waals surface area contributed by atoms with E-state index < -0.39 is 0 Å². The summed E-state index contributed by atoms with van der Waals surface area (Å²) >= 11 is 2.96. The Labute approximate surface area is 147 Å². The van der Waals surface area contributed by atoms with Crippen molar-refractivity contribution in [2.75, 3.05) is 0 Å². The molecule has 2 heterocycles. The summed E-state index contributed by atoms with van der Waals surface area (Å²) < 4.78 is 13.0. The number of hydrogen-bond donors (Lipinski definition) is 1. The second kappa shape index (κ2) is 7.27. The number of carbonyl (C=O) groups excluding carboxylic acids is 1. The molecule has 0 bridgehead atoms. The van der Waals surface area contributed by atoms with Crippen molar-refractivity contribution in [3.05, 3.63) is 53.4 Å². The minimum atomic E-state index is -0.300. The molecule has 0 fully saturated rings. The van der Waals surface area contributed by atoms with Crippen LogP contribution in [0.3, 0.4) is 0 Å². The zero-order valence-electron chi connectivity index (χ0n) is 13.2. The van der Waals surface area contributed by atoms with E-state index in [9.17, 15) is 9.18 Å². The van der Waals surface area contributed by atoms with Crippen LogP contribution in [-0.2, 0) is 4.79 Å². The number of hydrogen-bond acceptors (Lipinski definition) is 5. The van der Waals surface area contributed by atoms with Crippen LogP contribution in [0.25, 0.3) is 10.2 Å². The summed E-state index contributed by atoms with van der Waals surface area (Å²) in [4.78, 5) is 21.8. The molecular weight excluding hydrogens is 345 g/mol. The largest absolute Gasteiger partial charge is 0.349 e. The molecule has 1 aromatic carbocycles. The summed E-state index contributed by atoms with van der Waals surface area (Å²) in [6.07, 6.45) is 1.52. The molecule has 0 aliphatic heterocycles. The van der Waals surface area contributed by atoms with Gasteiger partial charge in [-0.05, 0) is 43.0 Å². The number of benzene rings is 1. The van der Waals surface area contributed by atoms with Crippen LogP contribution in [0.2, 0.25) is 0 Å². The molecule has 2 aromatic heterocycles. The first-order valence-electron chi connectivity index (χ1n) is 7.45. The highest BCUT2D eigenvalue weighted by molar-refractivity contribution is 8.00. The monoisotopic (exact) mass is 361 g/mol. The summed E-state index contributed by atoms with van der Waals surface area (Å²) in [5.74, 6) is -0.372. The highest BCUT2D eigenvalue weighted by Crippen LogP contribution is 2.30. The van der Waals surface area contributed by atoms with Gasteiger partial charge in [-0.1, -0.05) is 23.9 Å². The fourth-order valence-corrected chi connectivity index (χ4v) is 3.95. The predicted molar refractivity (Wildman–Crippen MR) is 95.7 cm³/mol. The Morgan fingerprint density at radius 1 is 1.21 bits per heavy atom. The zero-order valence-corrected chi connectivity index (χ0v) is 14.8. The highest BCUT2D eigenvalue weighted by atomic mass is 32.2. The van der Waals surface area contributed by atoms with Crippen LogP contribution >= 0.6 is 23.1 Å². The van der Waals surface area contributed by atoms with Gasteiger partial charge < -0.3 is 5.32 Å². The summed E-state index contributed by atoms with van der Waals surface area (Å²) in [6, 6.07) is 7.92. The molecular formula is C17H16FN3OS2. The van der Waals surface area contributed by atoms with Gasteiger partial charge >= 0.3 is 0 Å². The van der Waals surface area contributed by atoms with Crippen LogP contribution < -0.4 is 5.32 Å². The Hall–Kier alpha value is -1.99. The van der Waals surface area contributed by atoms with Crippen molar-refractivity contribution in [2.45, 2.75) is 30.2 Å². The van der Waals surface area contributed by atoms with E-state index in [4.69, 9.17) is 0 Å². The Balaban J connectivity index is 1.66. The molecule has 24 heavy (non-hydrogen) atoms. The fraction of sp³-hybridized carbons (Fsp3) is 0.235. The molecule has 2 atom stereocenters. The van der Waals surface area contributed by atoms with Gasteiger partial charge in [0.05, 0.1) is 11.3 Å². The first kappa shape index (κ1) is 16.9. The number of fused-ring (bicyclic) bond motifs is 1. The molecule has 0 spiro atoms. The lowest BCUT2D eigenvalue weighted by molar-refractivity contribution is -0.120. The molecule has 0 aliphatic carbocycles. The highest BCUT2D eigenvalue weighted by Gasteiger charge is 2.19. The van der Waals surface area contributed by atoms with E-state index >= 15 is 0 Å². The van der Waals surface area contributed by atoms with Crippen LogP contribution in [0.4, 0.5) is 4.39 Å². The topological polar surface area (TPSA) is 54.9 Å². The van der Waals surface area contributed by atoms with Crippen molar-refractivity contribution in [1.29, 1.82) is 0 Å². The lowest BCUT2D eigenvalue weighted by atomic mass is 10.1. The van der Waals surface area contributed by atoms with Crippen LogP contribution in [-0.4, -0.2) is 21.1 Å². The van der Waals surface area contributed by atoms with Crippen LogP contribution in [0.15, 0.2) is 47.1 Å². The van der Waals surface area contributed by atoms with Gasteiger partial charge in [-0.2, -0.15) is 0 Å². The number of thiophene rings is 1. The molecule has 0 unspecified atom stereocenters. The van der Waals surface area contributed by atoms with Crippen molar-refractivity contribution >= 4 is 39.2 Å². The number of aromatic nitrogens is 2. The molecule has 124 valence electrons. The van der Waals surface area contributed by atoms with E-state index in [0.717, 1.165) is 20.8 Å². The predicted octanol–water partition coefficient (Wildman–Crippen LogP) is 4.19. The minimum Gasteiger partial charge on any atom is -0.349 e. The molecule has 3 rings (SSSR count). The Morgan fingerprint density at radius 2 is 1.96 bits per heavy atom. The first-order valence-corrected chi connectivity index (χ1v) is 9.21. The number of carbonyl (C=O) groups is 1. The molecule has 1 N–H and O–H groups in total. The van der Waals surface area contributed by atoms with Gasteiger partial charge in [-0.3, -0.25) is 4.79 Å². The SMILES string of the molecule is C[C@@H](Sc1ncnc2sccc12)C(=O)N[C@H](C)c1ccc(F)cc1. The van der Waals surface area contributed by atoms with Crippen molar-refractivity contribution < 1.29 is 9.18 Å². The summed E-state index contributed by atoms with van der Waals surface area (Å²) in [6.45, 7) is 3.72. The van der Waals surface area contributed by atoms with E-state index in [1.165, 1.54) is 30.2 Å². The number of halogens is 1. The van der Waals surface area contributed by atoms with Crippen LogP contribution in [0.1, 0.15) is 25.5 Å². The van der Waals surface area contributed by atoms with E-state index in [1.807, 2.05) is 25.3 Å². The molecule has 0 saturated heterocycles. The second-order valence-electron chi connectivity index (χ2n) is 5.36. The number of nitrogens with zero attached hydrogens (tertiary/aromatic N) is 2. The van der Waals surface area contributed by atoms with E-state index in [1.54, 1.807) is 23.5 Å². The smallest absolute Gasteiger partial charge is 0.233 e. The minimum absolute atomic E-state index is 0.0844. The molecule has 7 heteroatoms. The number of amides is 1. The summed E-state index contributed by atoms with van der Waals surface area (Å²) in [7, 11) is 0. The molecule has 0 radical (unpaired) electrons. The van der Waals surface area contributed by atoms with Gasteiger partial charge in [0, 0.05) is 5.39 Å². The Morgan fingerprint density at radius 3 is 2.71 bits per heavy atom. The summed E-state index contributed by atoms with van der Waals surface area (Å²) in [5, 5.41) is 6.39. The lowest BCUT2D eigenvalue weighted by Crippen LogP contribution is -2.33. The average Bonchev–Trinajstić information content (AvgIpc) is 3.05. The molecule has 4 nitrogen and oxygen atoms in total.